The van der Waals surface area contributed by atoms with E-state index in [0.29, 0.717) is 23.0 Å². The quantitative estimate of drug-likeness (QED) is 0.866. The summed E-state index contributed by atoms with van der Waals surface area (Å²) in [6.07, 6.45) is 0.646. The highest BCUT2D eigenvalue weighted by molar-refractivity contribution is 6.42. The average molecular weight is 276 g/mol. The lowest BCUT2D eigenvalue weighted by Gasteiger charge is -2.14. The first-order chi connectivity index (χ1) is 8.02. The number of rotatable bonds is 5. The lowest BCUT2D eigenvalue weighted by atomic mass is 10.00. The molecule has 0 aromatic heterocycles. The minimum Gasteiger partial charge on any atom is -0.396 e. The Kier molecular flexibility index (Phi) is 5.75. The number of aliphatic hydroxyl groups excluding tert-OH is 1. The molecule has 0 aliphatic heterocycles. The molecule has 0 saturated heterocycles. The molecule has 1 amide bonds. The van der Waals surface area contributed by atoms with Crippen LogP contribution in [0.5, 0.6) is 0 Å². The molecule has 1 rings (SSSR count). The summed E-state index contributed by atoms with van der Waals surface area (Å²) in [5.74, 6) is -0.117. The van der Waals surface area contributed by atoms with E-state index in [1.165, 1.54) is 6.92 Å². The maximum atomic E-state index is 10.8. The van der Waals surface area contributed by atoms with Crippen LogP contribution < -0.4 is 5.32 Å². The standard InChI is InChI=1S/C12H15Cl2NO2/c1-8(17)15-6-10(7-16)4-9-2-3-11(13)12(14)5-9/h2-3,5,10,16H,4,6-7H2,1H3,(H,15,17). The lowest BCUT2D eigenvalue weighted by molar-refractivity contribution is -0.119. The van der Waals surface area contributed by atoms with Gasteiger partial charge in [-0.25, -0.2) is 0 Å². The Morgan fingerprint density at radius 3 is 2.65 bits per heavy atom. The summed E-state index contributed by atoms with van der Waals surface area (Å²) in [5, 5.41) is 12.9. The second-order valence-electron chi connectivity index (χ2n) is 3.94. The summed E-state index contributed by atoms with van der Waals surface area (Å²) in [6, 6.07) is 5.37. The van der Waals surface area contributed by atoms with E-state index in [0.717, 1.165) is 5.56 Å². The molecule has 1 aromatic carbocycles. The number of aliphatic hydroxyl groups is 1. The summed E-state index contributed by atoms with van der Waals surface area (Å²) < 4.78 is 0. The maximum absolute atomic E-state index is 10.8. The molecule has 5 heteroatoms. The van der Waals surface area contributed by atoms with Crippen LogP contribution in [0.2, 0.25) is 10.0 Å². The molecule has 17 heavy (non-hydrogen) atoms. The second kappa shape index (κ2) is 6.84. The Morgan fingerprint density at radius 2 is 2.12 bits per heavy atom. The van der Waals surface area contributed by atoms with E-state index in [9.17, 15) is 9.90 Å². The zero-order valence-corrected chi connectivity index (χ0v) is 11.1. The minimum absolute atomic E-state index is 0.0144. The predicted octanol–water partition coefficient (Wildman–Crippen LogP) is 2.28. The van der Waals surface area contributed by atoms with Crippen molar-refractivity contribution in [3.8, 4) is 0 Å². The van der Waals surface area contributed by atoms with Gasteiger partial charge in [-0.2, -0.15) is 0 Å². The Morgan fingerprint density at radius 1 is 1.41 bits per heavy atom. The fraction of sp³-hybridized carbons (Fsp3) is 0.417. The van der Waals surface area contributed by atoms with Crippen LogP contribution in [0.4, 0.5) is 0 Å². The molecular weight excluding hydrogens is 261 g/mol. The van der Waals surface area contributed by atoms with Gasteiger partial charge in [0.15, 0.2) is 0 Å². The Balaban J connectivity index is 2.60. The largest absolute Gasteiger partial charge is 0.396 e. The zero-order valence-electron chi connectivity index (χ0n) is 9.54. The lowest BCUT2D eigenvalue weighted by Crippen LogP contribution is -2.30. The summed E-state index contributed by atoms with van der Waals surface area (Å²) in [6.45, 7) is 1.92. The monoisotopic (exact) mass is 275 g/mol. The van der Waals surface area contributed by atoms with Crippen molar-refractivity contribution in [3.05, 3.63) is 33.8 Å². The van der Waals surface area contributed by atoms with Gasteiger partial charge in [0, 0.05) is 26.0 Å². The molecule has 2 N–H and O–H groups in total. The molecule has 0 spiro atoms. The minimum atomic E-state index is -0.0995. The van der Waals surface area contributed by atoms with Crippen LogP contribution in [-0.4, -0.2) is 24.2 Å². The number of amides is 1. The number of halogens is 2. The summed E-state index contributed by atoms with van der Waals surface area (Å²) in [7, 11) is 0. The van der Waals surface area contributed by atoms with E-state index < -0.39 is 0 Å². The topological polar surface area (TPSA) is 49.3 Å². The van der Waals surface area contributed by atoms with Gasteiger partial charge in [0.05, 0.1) is 10.0 Å². The Labute approximate surface area is 111 Å². The zero-order chi connectivity index (χ0) is 12.8. The van der Waals surface area contributed by atoms with Crippen molar-refractivity contribution in [2.75, 3.05) is 13.2 Å². The number of benzene rings is 1. The van der Waals surface area contributed by atoms with Crippen LogP contribution in [0.15, 0.2) is 18.2 Å². The molecule has 94 valence electrons. The normalized spacial score (nSPS) is 12.2. The molecule has 0 radical (unpaired) electrons. The first-order valence-electron chi connectivity index (χ1n) is 5.32. The van der Waals surface area contributed by atoms with E-state index in [1.54, 1.807) is 12.1 Å². The highest BCUT2D eigenvalue weighted by atomic mass is 35.5. The predicted molar refractivity (Wildman–Crippen MR) is 69.4 cm³/mol. The van der Waals surface area contributed by atoms with Crippen LogP contribution in [0.25, 0.3) is 0 Å². The SMILES string of the molecule is CC(=O)NCC(CO)Cc1ccc(Cl)c(Cl)c1. The van der Waals surface area contributed by atoms with Gasteiger partial charge in [-0.3, -0.25) is 4.79 Å². The first-order valence-corrected chi connectivity index (χ1v) is 6.07. The van der Waals surface area contributed by atoms with Gasteiger partial charge in [0.1, 0.15) is 0 Å². The molecule has 0 bridgehead atoms. The highest BCUT2D eigenvalue weighted by Crippen LogP contribution is 2.23. The van der Waals surface area contributed by atoms with Gasteiger partial charge >= 0.3 is 0 Å². The van der Waals surface area contributed by atoms with E-state index in [1.807, 2.05) is 6.07 Å². The molecule has 0 aliphatic rings. The van der Waals surface area contributed by atoms with Crippen molar-refractivity contribution < 1.29 is 9.90 Å². The van der Waals surface area contributed by atoms with Gasteiger partial charge in [-0.05, 0) is 24.1 Å². The fourth-order valence-corrected chi connectivity index (χ4v) is 1.81. The van der Waals surface area contributed by atoms with Crippen molar-refractivity contribution in [1.29, 1.82) is 0 Å². The number of hydrogen-bond acceptors (Lipinski definition) is 2. The molecule has 0 fully saturated rings. The molecule has 1 atom stereocenters. The third-order valence-corrected chi connectivity index (χ3v) is 3.15. The van der Waals surface area contributed by atoms with Gasteiger partial charge in [0.25, 0.3) is 0 Å². The fourth-order valence-electron chi connectivity index (χ4n) is 1.49. The van der Waals surface area contributed by atoms with Crippen molar-refractivity contribution >= 4 is 29.1 Å². The second-order valence-corrected chi connectivity index (χ2v) is 4.75. The van der Waals surface area contributed by atoms with Crippen LogP contribution in [0.1, 0.15) is 12.5 Å². The number of carbonyl (C=O) groups is 1. The summed E-state index contributed by atoms with van der Waals surface area (Å²) in [5.41, 5.74) is 0.990. The molecule has 1 unspecified atom stereocenters. The first kappa shape index (κ1) is 14.3. The molecule has 3 nitrogen and oxygen atoms in total. The van der Waals surface area contributed by atoms with Crippen molar-refractivity contribution in [2.24, 2.45) is 5.92 Å². The number of nitrogens with one attached hydrogen (secondary N) is 1. The smallest absolute Gasteiger partial charge is 0.216 e. The average Bonchev–Trinajstić information content (AvgIpc) is 2.28. The Bertz CT molecular complexity index is 396. The van der Waals surface area contributed by atoms with Crippen LogP contribution in [-0.2, 0) is 11.2 Å². The van der Waals surface area contributed by atoms with E-state index in [-0.39, 0.29) is 18.4 Å². The summed E-state index contributed by atoms with van der Waals surface area (Å²) in [4.78, 5) is 10.8. The summed E-state index contributed by atoms with van der Waals surface area (Å²) >= 11 is 11.7. The van der Waals surface area contributed by atoms with Crippen LogP contribution in [0.3, 0.4) is 0 Å². The highest BCUT2D eigenvalue weighted by Gasteiger charge is 2.10. The molecule has 0 heterocycles. The van der Waals surface area contributed by atoms with Gasteiger partial charge < -0.3 is 10.4 Å². The van der Waals surface area contributed by atoms with E-state index in [4.69, 9.17) is 23.2 Å². The van der Waals surface area contributed by atoms with E-state index in [2.05, 4.69) is 5.32 Å². The van der Waals surface area contributed by atoms with Gasteiger partial charge in [0.2, 0.25) is 5.91 Å². The number of hydrogen-bond donors (Lipinski definition) is 2. The number of carbonyl (C=O) groups excluding carboxylic acids is 1. The van der Waals surface area contributed by atoms with Crippen molar-refractivity contribution in [3.63, 3.8) is 0 Å². The molecule has 0 aliphatic carbocycles. The van der Waals surface area contributed by atoms with Crippen LogP contribution in [0, 0.1) is 5.92 Å². The molecule has 0 saturated carbocycles. The third kappa shape index (κ3) is 4.94. The van der Waals surface area contributed by atoms with E-state index >= 15 is 0 Å². The third-order valence-electron chi connectivity index (χ3n) is 2.41. The van der Waals surface area contributed by atoms with Crippen molar-refractivity contribution in [2.45, 2.75) is 13.3 Å². The van der Waals surface area contributed by atoms with Crippen molar-refractivity contribution in [1.82, 2.24) is 5.32 Å². The Hall–Kier alpha value is -0.770. The van der Waals surface area contributed by atoms with Gasteiger partial charge in [-0.1, -0.05) is 29.3 Å². The van der Waals surface area contributed by atoms with Crippen LogP contribution >= 0.6 is 23.2 Å². The molecule has 1 aromatic rings. The maximum Gasteiger partial charge on any atom is 0.216 e. The molecular formula is C12H15Cl2NO2. The van der Waals surface area contributed by atoms with Gasteiger partial charge in [-0.15, -0.1) is 0 Å².